The summed E-state index contributed by atoms with van der Waals surface area (Å²) in [6.07, 6.45) is 1.38. The molecule has 1 N–H and O–H groups in total. The van der Waals surface area contributed by atoms with Gasteiger partial charge in [0.1, 0.15) is 0 Å². The maximum atomic E-state index is 11.2. The summed E-state index contributed by atoms with van der Waals surface area (Å²) in [6.45, 7) is 2.62. The molecule has 1 amide bonds. The highest BCUT2D eigenvalue weighted by atomic mass is 16.5. The lowest BCUT2D eigenvalue weighted by atomic mass is 10.1. The molecule has 1 heterocycles. The highest BCUT2D eigenvalue weighted by Gasteiger charge is 2.01. The van der Waals surface area contributed by atoms with Crippen LogP contribution in [-0.2, 0) is 11.3 Å². The number of carbonyl (C=O) groups excluding carboxylic acids is 1. The second-order valence-electron chi connectivity index (χ2n) is 3.99. The number of rotatable bonds is 4. The minimum Gasteiger partial charge on any atom is -0.450 e. The molecule has 0 spiro atoms. The Morgan fingerprint density at radius 3 is 2.63 bits per heavy atom. The van der Waals surface area contributed by atoms with Gasteiger partial charge < -0.3 is 10.1 Å². The minimum absolute atomic E-state index is 0.379. The number of pyridine rings is 1. The summed E-state index contributed by atoms with van der Waals surface area (Å²) in [4.78, 5) is 15.4. The Bertz CT molecular complexity index is 524. The van der Waals surface area contributed by atoms with Gasteiger partial charge in [0.15, 0.2) is 0 Å². The zero-order valence-corrected chi connectivity index (χ0v) is 10.8. The molecular formula is C15H16N2O2. The molecule has 98 valence electrons. The highest BCUT2D eigenvalue weighted by Crippen LogP contribution is 2.16. The minimum atomic E-state index is -0.392. The van der Waals surface area contributed by atoms with E-state index in [1.54, 1.807) is 13.1 Å². The fourth-order valence-corrected chi connectivity index (χ4v) is 1.68. The number of aromatic nitrogens is 1. The largest absolute Gasteiger partial charge is 0.450 e. The van der Waals surface area contributed by atoms with Crippen molar-refractivity contribution in [1.29, 1.82) is 0 Å². The molecule has 4 nitrogen and oxygen atoms in total. The Hall–Kier alpha value is -2.36. The van der Waals surface area contributed by atoms with Gasteiger partial charge in [-0.05, 0) is 24.6 Å². The maximum Gasteiger partial charge on any atom is 0.407 e. The third-order valence-corrected chi connectivity index (χ3v) is 2.63. The van der Waals surface area contributed by atoms with Crippen LogP contribution in [0.25, 0.3) is 11.3 Å². The molecule has 1 aromatic heterocycles. The number of hydrogen-bond acceptors (Lipinski definition) is 3. The molecule has 0 radical (unpaired) electrons. The molecule has 0 aliphatic carbocycles. The quantitative estimate of drug-likeness (QED) is 0.914. The fraction of sp³-hybridized carbons (Fsp3) is 0.200. The lowest BCUT2D eigenvalue weighted by Crippen LogP contribution is -2.23. The Kier molecular flexibility index (Phi) is 4.50. The van der Waals surface area contributed by atoms with E-state index >= 15 is 0 Å². The zero-order valence-electron chi connectivity index (χ0n) is 10.8. The SMILES string of the molecule is CCOC(=O)NCc1ccc(-c2ccccn2)cc1. The molecule has 0 fully saturated rings. The van der Waals surface area contributed by atoms with Crippen molar-refractivity contribution in [2.45, 2.75) is 13.5 Å². The fourth-order valence-electron chi connectivity index (χ4n) is 1.68. The normalized spacial score (nSPS) is 9.95. The highest BCUT2D eigenvalue weighted by molar-refractivity contribution is 5.67. The maximum absolute atomic E-state index is 11.2. The lowest BCUT2D eigenvalue weighted by molar-refractivity contribution is 0.151. The number of hydrogen-bond donors (Lipinski definition) is 1. The second kappa shape index (κ2) is 6.54. The summed E-state index contributed by atoms with van der Waals surface area (Å²) in [5.41, 5.74) is 3.01. The Morgan fingerprint density at radius 1 is 1.21 bits per heavy atom. The molecule has 0 saturated carbocycles. The number of benzene rings is 1. The van der Waals surface area contributed by atoms with Crippen LogP contribution in [0.5, 0.6) is 0 Å². The molecule has 0 aliphatic rings. The lowest BCUT2D eigenvalue weighted by Gasteiger charge is -2.06. The van der Waals surface area contributed by atoms with Gasteiger partial charge in [0.05, 0.1) is 12.3 Å². The Morgan fingerprint density at radius 2 is 2.00 bits per heavy atom. The summed E-state index contributed by atoms with van der Waals surface area (Å²) in [6, 6.07) is 13.7. The van der Waals surface area contributed by atoms with E-state index in [1.165, 1.54) is 0 Å². The predicted molar refractivity (Wildman–Crippen MR) is 73.5 cm³/mol. The summed E-state index contributed by atoms with van der Waals surface area (Å²) in [5, 5.41) is 2.68. The Balaban J connectivity index is 1.97. The summed E-state index contributed by atoms with van der Waals surface area (Å²) in [5.74, 6) is 0. The van der Waals surface area contributed by atoms with Crippen LogP contribution in [0.4, 0.5) is 4.79 Å². The third-order valence-electron chi connectivity index (χ3n) is 2.63. The van der Waals surface area contributed by atoms with Crippen LogP contribution in [-0.4, -0.2) is 17.7 Å². The molecular weight excluding hydrogens is 240 g/mol. The summed E-state index contributed by atoms with van der Waals surface area (Å²) < 4.78 is 4.80. The number of amides is 1. The van der Waals surface area contributed by atoms with Crippen LogP contribution in [0.1, 0.15) is 12.5 Å². The standard InChI is InChI=1S/C15H16N2O2/c1-2-19-15(18)17-11-12-6-8-13(9-7-12)14-5-3-4-10-16-14/h3-10H,2,11H2,1H3,(H,17,18). The molecule has 4 heteroatoms. The zero-order chi connectivity index (χ0) is 13.5. The molecule has 0 bridgehead atoms. The first-order valence-electron chi connectivity index (χ1n) is 6.20. The van der Waals surface area contributed by atoms with Gasteiger partial charge in [0, 0.05) is 18.3 Å². The molecule has 0 aliphatic heterocycles. The van der Waals surface area contributed by atoms with Gasteiger partial charge in [0.2, 0.25) is 0 Å². The first-order valence-corrected chi connectivity index (χ1v) is 6.20. The average Bonchev–Trinajstić information content (AvgIpc) is 2.47. The van der Waals surface area contributed by atoms with Gasteiger partial charge in [-0.3, -0.25) is 4.98 Å². The molecule has 0 unspecified atom stereocenters. The van der Waals surface area contributed by atoms with E-state index in [9.17, 15) is 4.79 Å². The topological polar surface area (TPSA) is 51.2 Å². The van der Waals surface area contributed by atoms with Crippen molar-refractivity contribution in [2.75, 3.05) is 6.61 Å². The monoisotopic (exact) mass is 256 g/mol. The van der Waals surface area contributed by atoms with E-state index in [0.29, 0.717) is 13.2 Å². The van der Waals surface area contributed by atoms with Crippen molar-refractivity contribution in [2.24, 2.45) is 0 Å². The van der Waals surface area contributed by atoms with Crippen LogP contribution in [0.2, 0.25) is 0 Å². The van der Waals surface area contributed by atoms with E-state index in [4.69, 9.17) is 4.74 Å². The van der Waals surface area contributed by atoms with Crippen LogP contribution in [0.15, 0.2) is 48.7 Å². The van der Waals surface area contributed by atoms with Crippen molar-refractivity contribution in [3.8, 4) is 11.3 Å². The van der Waals surface area contributed by atoms with Crippen LogP contribution in [0, 0.1) is 0 Å². The van der Waals surface area contributed by atoms with Gasteiger partial charge in [-0.2, -0.15) is 0 Å². The van der Waals surface area contributed by atoms with Gasteiger partial charge in [-0.1, -0.05) is 30.3 Å². The van der Waals surface area contributed by atoms with Gasteiger partial charge in [-0.25, -0.2) is 4.79 Å². The number of ether oxygens (including phenoxy) is 1. The van der Waals surface area contributed by atoms with Crippen molar-refractivity contribution < 1.29 is 9.53 Å². The first-order chi connectivity index (χ1) is 9.29. The second-order valence-corrected chi connectivity index (χ2v) is 3.99. The van der Waals surface area contributed by atoms with E-state index in [2.05, 4.69) is 10.3 Å². The van der Waals surface area contributed by atoms with Crippen LogP contribution >= 0.6 is 0 Å². The molecule has 2 aromatic rings. The van der Waals surface area contributed by atoms with Gasteiger partial charge in [0.25, 0.3) is 0 Å². The molecule has 19 heavy (non-hydrogen) atoms. The molecule has 0 atom stereocenters. The van der Waals surface area contributed by atoms with Gasteiger partial charge >= 0.3 is 6.09 Å². The molecule has 1 aromatic carbocycles. The van der Waals surface area contributed by atoms with E-state index in [0.717, 1.165) is 16.8 Å². The number of carbonyl (C=O) groups is 1. The van der Waals surface area contributed by atoms with E-state index in [1.807, 2.05) is 42.5 Å². The number of alkyl carbamates (subject to hydrolysis) is 1. The molecule has 0 saturated heterocycles. The molecule has 2 rings (SSSR count). The predicted octanol–water partition coefficient (Wildman–Crippen LogP) is 2.99. The van der Waals surface area contributed by atoms with Gasteiger partial charge in [-0.15, -0.1) is 0 Å². The van der Waals surface area contributed by atoms with Crippen molar-refractivity contribution in [3.63, 3.8) is 0 Å². The third kappa shape index (κ3) is 3.81. The van der Waals surface area contributed by atoms with Crippen LogP contribution in [0.3, 0.4) is 0 Å². The number of nitrogens with zero attached hydrogens (tertiary/aromatic N) is 1. The van der Waals surface area contributed by atoms with Crippen molar-refractivity contribution in [3.05, 3.63) is 54.2 Å². The van der Waals surface area contributed by atoms with Crippen molar-refractivity contribution in [1.82, 2.24) is 10.3 Å². The van der Waals surface area contributed by atoms with E-state index < -0.39 is 6.09 Å². The van der Waals surface area contributed by atoms with Crippen molar-refractivity contribution >= 4 is 6.09 Å². The summed E-state index contributed by atoms with van der Waals surface area (Å²) in [7, 11) is 0. The smallest absolute Gasteiger partial charge is 0.407 e. The number of nitrogens with one attached hydrogen (secondary N) is 1. The summed E-state index contributed by atoms with van der Waals surface area (Å²) >= 11 is 0. The first kappa shape index (κ1) is 13.1. The van der Waals surface area contributed by atoms with E-state index in [-0.39, 0.29) is 0 Å². The average molecular weight is 256 g/mol. The Labute approximate surface area is 112 Å². The van der Waals surface area contributed by atoms with Crippen LogP contribution < -0.4 is 5.32 Å².